The predicted molar refractivity (Wildman–Crippen MR) is 52.9 cm³/mol. The van der Waals surface area contributed by atoms with Gasteiger partial charge in [-0.2, -0.15) is 0 Å². The second kappa shape index (κ2) is 7.73. The first-order chi connectivity index (χ1) is 5.93. The fourth-order valence-electron chi connectivity index (χ4n) is 0.818. The second-order valence-electron chi connectivity index (χ2n) is 2.22. The van der Waals surface area contributed by atoms with Crippen molar-refractivity contribution < 1.29 is 4.79 Å². The minimum Gasteiger partial charge on any atom is -0.307 e. The Morgan fingerprint density at radius 1 is 1.25 bits per heavy atom. The highest BCUT2D eigenvalue weighted by molar-refractivity contribution is 5.48. The Kier molecular flexibility index (Phi) is 6.85. The van der Waals surface area contributed by atoms with E-state index in [-0.39, 0.29) is 0 Å². The summed E-state index contributed by atoms with van der Waals surface area (Å²) in [4.78, 5) is 8.00. The Balaban J connectivity index is 0.000000561. The SMILES string of the molecule is C=O.CC/C=C/c1ccccc1. The molecule has 0 fully saturated rings. The van der Waals surface area contributed by atoms with E-state index in [9.17, 15) is 0 Å². The van der Waals surface area contributed by atoms with E-state index >= 15 is 0 Å². The van der Waals surface area contributed by atoms with Gasteiger partial charge in [-0.3, -0.25) is 0 Å². The molecule has 64 valence electrons. The largest absolute Gasteiger partial charge is 0.307 e. The van der Waals surface area contributed by atoms with Crippen LogP contribution in [-0.2, 0) is 4.79 Å². The summed E-state index contributed by atoms with van der Waals surface area (Å²) in [7, 11) is 0. The van der Waals surface area contributed by atoms with Gasteiger partial charge >= 0.3 is 0 Å². The highest BCUT2D eigenvalue weighted by Crippen LogP contribution is 2.00. The van der Waals surface area contributed by atoms with Gasteiger partial charge in [0.05, 0.1) is 0 Å². The van der Waals surface area contributed by atoms with Crippen molar-refractivity contribution in [2.45, 2.75) is 13.3 Å². The third kappa shape index (κ3) is 4.45. The van der Waals surface area contributed by atoms with Crippen LogP contribution in [0.25, 0.3) is 6.08 Å². The lowest BCUT2D eigenvalue weighted by atomic mass is 10.2. The summed E-state index contributed by atoms with van der Waals surface area (Å²) < 4.78 is 0. The average Bonchev–Trinajstić information content (AvgIpc) is 2.19. The summed E-state index contributed by atoms with van der Waals surface area (Å²) in [5.41, 5.74) is 1.28. The zero-order chi connectivity index (χ0) is 9.23. The van der Waals surface area contributed by atoms with E-state index in [4.69, 9.17) is 4.79 Å². The lowest BCUT2D eigenvalue weighted by Crippen LogP contribution is -1.66. The van der Waals surface area contributed by atoms with Crippen LogP contribution < -0.4 is 0 Å². The third-order valence-corrected chi connectivity index (χ3v) is 1.35. The van der Waals surface area contributed by atoms with E-state index in [0.717, 1.165) is 6.42 Å². The summed E-state index contributed by atoms with van der Waals surface area (Å²) in [5, 5.41) is 0. The molecular weight excluding hydrogens is 148 g/mol. The molecule has 0 saturated carbocycles. The Labute approximate surface area is 73.7 Å². The molecule has 0 atom stereocenters. The first-order valence-electron chi connectivity index (χ1n) is 3.94. The van der Waals surface area contributed by atoms with Crippen LogP contribution in [0.15, 0.2) is 36.4 Å². The molecule has 0 amide bonds. The van der Waals surface area contributed by atoms with Gasteiger partial charge in [0.15, 0.2) is 0 Å². The lowest BCUT2D eigenvalue weighted by molar-refractivity contribution is -0.0979. The topological polar surface area (TPSA) is 17.1 Å². The first-order valence-corrected chi connectivity index (χ1v) is 3.94. The van der Waals surface area contributed by atoms with Crippen LogP contribution >= 0.6 is 0 Å². The number of carbonyl (C=O) groups is 1. The van der Waals surface area contributed by atoms with Gasteiger partial charge in [-0.1, -0.05) is 49.4 Å². The van der Waals surface area contributed by atoms with Crippen molar-refractivity contribution in [3.8, 4) is 0 Å². The Bertz CT molecular complexity index is 214. The summed E-state index contributed by atoms with van der Waals surface area (Å²) in [5.74, 6) is 0. The molecule has 0 bridgehead atoms. The van der Waals surface area contributed by atoms with Crippen LogP contribution in [0.2, 0.25) is 0 Å². The Hall–Kier alpha value is -1.37. The van der Waals surface area contributed by atoms with Gasteiger partial charge in [0.25, 0.3) is 0 Å². The quantitative estimate of drug-likeness (QED) is 0.653. The predicted octanol–water partition coefficient (Wildman–Crippen LogP) is 2.92. The lowest BCUT2D eigenvalue weighted by Gasteiger charge is -1.88. The zero-order valence-corrected chi connectivity index (χ0v) is 7.36. The third-order valence-electron chi connectivity index (χ3n) is 1.35. The maximum Gasteiger partial charge on any atom is 0.106 e. The van der Waals surface area contributed by atoms with E-state index in [1.807, 2.05) is 12.9 Å². The fraction of sp³-hybridized carbons (Fsp3) is 0.182. The fourth-order valence-corrected chi connectivity index (χ4v) is 0.818. The minimum atomic E-state index is 1.11. The summed E-state index contributed by atoms with van der Waals surface area (Å²) in [6.45, 7) is 4.14. The number of hydrogen-bond donors (Lipinski definition) is 0. The van der Waals surface area contributed by atoms with Gasteiger partial charge in [-0.25, -0.2) is 0 Å². The molecule has 1 aromatic rings. The average molecular weight is 162 g/mol. The Morgan fingerprint density at radius 2 is 1.83 bits per heavy atom. The molecule has 1 heteroatoms. The van der Waals surface area contributed by atoms with Crippen molar-refractivity contribution in [1.29, 1.82) is 0 Å². The van der Waals surface area contributed by atoms with Crippen LogP contribution in [0, 0.1) is 0 Å². The molecule has 0 aliphatic carbocycles. The number of hydrogen-bond acceptors (Lipinski definition) is 1. The van der Waals surface area contributed by atoms with E-state index in [1.165, 1.54) is 5.56 Å². The number of allylic oxidation sites excluding steroid dienone is 1. The summed E-state index contributed by atoms with van der Waals surface area (Å²) >= 11 is 0. The van der Waals surface area contributed by atoms with Gasteiger partial charge in [-0.05, 0) is 12.0 Å². The highest BCUT2D eigenvalue weighted by Gasteiger charge is 1.78. The maximum absolute atomic E-state index is 8.00. The molecule has 0 radical (unpaired) electrons. The smallest absolute Gasteiger partial charge is 0.106 e. The molecule has 0 saturated heterocycles. The zero-order valence-electron chi connectivity index (χ0n) is 7.36. The maximum atomic E-state index is 8.00. The normalized spacial score (nSPS) is 9.08. The van der Waals surface area contributed by atoms with Crippen molar-refractivity contribution in [2.24, 2.45) is 0 Å². The van der Waals surface area contributed by atoms with Crippen molar-refractivity contribution >= 4 is 12.9 Å². The van der Waals surface area contributed by atoms with Crippen LogP contribution in [0.5, 0.6) is 0 Å². The molecule has 0 aliphatic heterocycles. The minimum absolute atomic E-state index is 1.11. The van der Waals surface area contributed by atoms with Gasteiger partial charge < -0.3 is 4.79 Å². The van der Waals surface area contributed by atoms with Crippen LogP contribution in [0.1, 0.15) is 18.9 Å². The van der Waals surface area contributed by atoms with Crippen molar-refractivity contribution in [3.63, 3.8) is 0 Å². The Morgan fingerprint density at radius 3 is 2.33 bits per heavy atom. The molecule has 0 N–H and O–H groups in total. The first kappa shape index (κ1) is 10.6. The van der Waals surface area contributed by atoms with E-state index in [1.54, 1.807) is 0 Å². The summed E-state index contributed by atoms with van der Waals surface area (Å²) in [6, 6.07) is 10.3. The van der Waals surface area contributed by atoms with Crippen molar-refractivity contribution in [2.75, 3.05) is 0 Å². The summed E-state index contributed by atoms with van der Waals surface area (Å²) in [6.07, 6.45) is 5.41. The highest BCUT2D eigenvalue weighted by atomic mass is 16.1. The van der Waals surface area contributed by atoms with Gasteiger partial charge in [0.2, 0.25) is 0 Å². The van der Waals surface area contributed by atoms with Gasteiger partial charge in [0, 0.05) is 0 Å². The molecule has 12 heavy (non-hydrogen) atoms. The van der Waals surface area contributed by atoms with E-state index < -0.39 is 0 Å². The van der Waals surface area contributed by atoms with Crippen LogP contribution in [-0.4, -0.2) is 6.79 Å². The number of carbonyl (C=O) groups excluding carboxylic acids is 1. The van der Waals surface area contributed by atoms with Gasteiger partial charge in [0.1, 0.15) is 6.79 Å². The number of benzene rings is 1. The molecule has 1 rings (SSSR count). The monoisotopic (exact) mass is 162 g/mol. The molecule has 0 unspecified atom stereocenters. The molecular formula is C11H14O. The molecule has 1 nitrogen and oxygen atoms in total. The van der Waals surface area contributed by atoms with Gasteiger partial charge in [-0.15, -0.1) is 0 Å². The molecule has 1 aromatic carbocycles. The second-order valence-corrected chi connectivity index (χ2v) is 2.22. The molecule has 0 aromatic heterocycles. The number of rotatable bonds is 2. The van der Waals surface area contributed by atoms with Crippen LogP contribution in [0.4, 0.5) is 0 Å². The molecule has 0 heterocycles. The van der Waals surface area contributed by atoms with Crippen LogP contribution in [0.3, 0.4) is 0 Å². The van der Waals surface area contributed by atoms with Crippen molar-refractivity contribution in [1.82, 2.24) is 0 Å². The standard InChI is InChI=1S/C10H12.CH2O/c1-2-3-7-10-8-5-4-6-9-10;1-2/h3-9H,2H2,1H3;1H2/b7-3+;. The molecule has 0 spiro atoms. The van der Waals surface area contributed by atoms with Crippen molar-refractivity contribution in [3.05, 3.63) is 42.0 Å². The van der Waals surface area contributed by atoms with E-state index in [2.05, 4.69) is 43.3 Å². The molecule has 0 aliphatic rings. The van der Waals surface area contributed by atoms with E-state index in [0.29, 0.717) is 0 Å².